The highest BCUT2D eigenvalue weighted by molar-refractivity contribution is 5.79. The summed E-state index contributed by atoms with van der Waals surface area (Å²) < 4.78 is 0. The number of amides is 1. The molecule has 1 heterocycles. The zero-order valence-electron chi connectivity index (χ0n) is 8.90. The van der Waals surface area contributed by atoms with Crippen LogP contribution in [0.2, 0.25) is 0 Å². The van der Waals surface area contributed by atoms with Gasteiger partial charge in [-0.25, -0.2) is 0 Å². The average molecular weight is 198 g/mol. The summed E-state index contributed by atoms with van der Waals surface area (Å²) in [5.41, 5.74) is 0. The van der Waals surface area contributed by atoms with E-state index in [1.54, 1.807) is 0 Å². The van der Waals surface area contributed by atoms with Gasteiger partial charge < -0.3 is 9.69 Å². The first-order chi connectivity index (χ1) is 6.67. The number of hydrogen-bond acceptors (Lipinski definition) is 3. The molecule has 1 unspecified atom stereocenters. The van der Waals surface area contributed by atoms with Gasteiger partial charge in [0.25, 0.3) is 0 Å². The number of carbonyl (C=O) groups is 2. The van der Waals surface area contributed by atoms with Gasteiger partial charge in [-0.05, 0) is 6.92 Å². The van der Waals surface area contributed by atoms with Gasteiger partial charge in [-0.3, -0.25) is 9.69 Å². The predicted molar refractivity (Wildman–Crippen MR) is 53.9 cm³/mol. The van der Waals surface area contributed by atoms with Crippen LogP contribution in [0.5, 0.6) is 0 Å². The Morgan fingerprint density at radius 1 is 1.50 bits per heavy atom. The number of carbonyl (C=O) groups excluding carboxylic acids is 2. The molecule has 80 valence electrons. The summed E-state index contributed by atoms with van der Waals surface area (Å²) in [4.78, 5) is 25.9. The topological polar surface area (TPSA) is 40.6 Å². The van der Waals surface area contributed by atoms with Crippen molar-refractivity contribution in [1.29, 1.82) is 0 Å². The second kappa shape index (κ2) is 5.10. The predicted octanol–water partition coefficient (Wildman–Crippen LogP) is -0.0145. The van der Waals surface area contributed by atoms with Gasteiger partial charge in [0, 0.05) is 32.1 Å². The molecule has 0 aromatic heterocycles. The van der Waals surface area contributed by atoms with E-state index in [1.165, 1.54) is 0 Å². The van der Waals surface area contributed by atoms with Crippen molar-refractivity contribution in [3.8, 4) is 0 Å². The van der Waals surface area contributed by atoms with Crippen molar-refractivity contribution in [2.24, 2.45) is 5.92 Å². The van der Waals surface area contributed by atoms with E-state index in [4.69, 9.17) is 0 Å². The molecule has 1 aliphatic rings. The monoisotopic (exact) mass is 198 g/mol. The van der Waals surface area contributed by atoms with Crippen LogP contribution in [0.25, 0.3) is 0 Å². The van der Waals surface area contributed by atoms with Crippen LogP contribution in [0.1, 0.15) is 13.8 Å². The van der Waals surface area contributed by atoms with E-state index in [0.717, 1.165) is 25.9 Å². The molecule has 1 aliphatic heterocycles. The van der Waals surface area contributed by atoms with Crippen LogP contribution < -0.4 is 0 Å². The van der Waals surface area contributed by atoms with Crippen LogP contribution in [0.3, 0.4) is 0 Å². The van der Waals surface area contributed by atoms with E-state index >= 15 is 0 Å². The fraction of sp³-hybridized carbons (Fsp3) is 0.800. The third-order valence-electron chi connectivity index (χ3n) is 2.56. The van der Waals surface area contributed by atoms with Gasteiger partial charge in [0.1, 0.15) is 6.29 Å². The molecule has 1 saturated heterocycles. The molecule has 0 N–H and O–H groups in total. The molecule has 0 saturated carbocycles. The van der Waals surface area contributed by atoms with Crippen molar-refractivity contribution in [2.75, 3.05) is 32.7 Å². The third-order valence-corrected chi connectivity index (χ3v) is 2.56. The van der Waals surface area contributed by atoms with Gasteiger partial charge in [-0.15, -0.1) is 0 Å². The average Bonchev–Trinajstić information content (AvgIpc) is 2.18. The molecule has 1 fully saturated rings. The van der Waals surface area contributed by atoms with Crippen LogP contribution in [0.4, 0.5) is 0 Å². The molecule has 0 aliphatic carbocycles. The van der Waals surface area contributed by atoms with Gasteiger partial charge in [-0.2, -0.15) is 0 Å². The van der Waals surface area contributed by atoms with Crippen LogP contribution >= 0.6 is 0 Å². The fourth-order valence-electron chi connectivity index (χ4n) is 1.70. The van der Waals surface area contributed by atoms with E-state index in [9.17, 15) is 9.59 Å². The Morgan fingerprint density at radius 2 is 2.21 bits per heavy atom. The lowest BCUT2D eigenvalue weighted by Gasteiger charge is -2.34. The van der Waals surface area contributed by atoms with Crippen molar-refractivity contribution >= 4 is 12.2 Å². The maximum absolute atomic E-state index is 11.5. The lowest BCUT2D eigenvalue weighted by Crippen LogP contribution is -2.51. The molecule has 1 atom stereocenters. The number of aldehydes is 1. The molecule has 0 radical (unpaired) electrons. The van der Waals surface area contributed by atoms with Crippen molar-refractivity contribution in [1.82, 2.24) is 9.80 Å². The Kier molecular flexibility index (Phi) is 4.07. The fourth-order valence-corrected chi connectivity index (χ4v) is 1.70. The summed E-state index contributed by atoms with van der Waals surface area (Å²) in [6, 6.07) is 0. The molecule has 4 nitrogen and oxygen atoms in total. The van der Waals surface area contributed by atoms with E-state index in [-0.39, 0.29) is 11.8 Å². The molecule has 4 heteroatoms. The van der Waals surface area contributed by atoms with Crippen molar-refractivity contribution in [3.63, 3.8) is 0 Å². The van der Waals surface area contributed by atoms with Crippen LogP contribution in [-0.4, -0.2) is 54.7 Å². The van der Waals surface area contributed by atoms with Gasteiger partial charge >= 0.3 is 0 Å². The number of rotatable bonds is 4. The van der Waals surface area contributed by atoms with E-state index in [1.807, 2.05) is 23.6 Å². The van der Waals surface area contributed by atoms with Gasteiger partial charge in [-0.1, -0.05) is 6.92 Å². The Morgan fingerprint density at radius 3 is 2.71 bits per heavy atom. The number of hydrogen-bond donors (Lipinski definition) is 0. The van der Waals surface area contributed by atoms with Crippen LogP contribution in [0.15, 0.2) is 0 Å². The third kappa shape index (κ3) is 2.80. The number of nitrogens with zero attached hydrogens (tertiary/aromatic N) is 2. The zero-order chi connectivity index (χ0) is 10.6. The minimum absolute atomic E-state index is 0.0241. The summed E-state index contributed by atoms with van der Waals surface area (Å²) in [7, 11) is 0. The highest BCUT2D eigenvalue weighted by atomic mass is 16.2. The van der Waals surface area contributed by atoms with Crippen molar-refractivity contribution in [3.05, 3.63) is 0 Å². The second-order valence-corrected chi connectivity index (χ2v) is 3.82. The largest absolute Gasteiger partial charge is 0.341 e. The lowest BCUT2D eigenvalue weighted by atomic mass is 10.2. The molecule has 0 spiro atoms. The number of piperazine rings is 1. The first-order valence-corrected chi connectivity index (χ1v) is 5.12. The molecule has 1 amide bonds. The molecule has 14 heavy (non-hydrogen) atoms. The Balaban J connectivity index is 2.38. The van der Waals surface area contributed by atoms with Crippen molar-refractivity contribution in [2.45, 2.75) is 13.8 Å². The minimum atomic E-state index is 0.0241. The molecule has 0 aromatic rings. The first kappa shape index (κ1) is 11.2. The standard InChI is InChI=1S/C10H18N2O2/c1-3-12-5-4-11(7-10(12)14)6-9(2)8-13/h8-9H,3-7H2,1-2H3. The molecular weight excluding hydrogens is 180 g/mol. The van der Waals surface area contributed by atoms with E-state index in [2.05, 4.69) is 0 Å². The van der Waals surface area contributed by atoms with Gasteiger partial charge in [0.2, 0.25) is 5.91 Å². The van der Waals surface area contributed by atoms with Crippen molar-refractivity contribution < 1.29 is 9.59 Å². The summed E-state index contributed by atoms with van der Waals surface area (Å²) in [5.74, 6) is 0.202. The maximum Gasteiger partial charge on any atom is 0.236 e. The summed E-state index contributed by atoms with van der Waals surface area (Å²) in [6.07, 6.45) is 0.941. The lowest BCUT2D eigenvalue weighted by molar-refractivity contribution is -0.136. The number of likely N-dealkylation sites (N-methyl/N-ethyl adjacent to an activating group) is 1. The first-order valence-electron chi connectivity index (χ1n) is 5.12. The Bertz CT molecular complexity index is 218. The zero-order valence-corrected chi connectivity index (χ0v) is 8.90. The normalized spacial score (nSPS) is 21.0. The highest BCUT2D eigenvalue weighted by Gasteiger charge is 2.23. The Labute approximate surface area is 84.9 Å². The maximum atomic E-state index is 11.5. The SMILES string of the molecule is CCN1CCN(CC(C)C=O)CC1=O. The van der Waals surface area contributed by atoms with Gasteiger partial charge in [0.15, 0.2) is 0 Å². The van der Waals surface area contributed by atoms with E-state index in [0.29, 0.717) is 13.1 Å². The summed E-state index contributed by atoms with van der Waals surface area (Å²) in [5, 5.41) is 0. The minimum Gasteiger partial charge on any atom is -0.341 e. The van der Waals surface area contributed by atoms with Crippen LogP contribution in [0, 0.1) is 5.92 Å². The molecule has 0 bridgehead atoms. The summed E-state index contributed by atoms with van der Waals surface area (Å²) >= 11 is 0. The van der Waals surface area contributed by atoms with Crippen LogP contribution in [-0.2, 0) is 9.59 Å². The molecule has 1 rings (SSSR count). The molecule has 0 aromatic carbocycles. The summed E-state index contributed by atoms with van der Waals surface area (Å²) in [6.45, 7) is 7.50. The Hall–Kier alpha value is -0.900. The second-order valence-electron chi connectivity index (χ2n) is 3.82. The quantitative estimate of drug-likeness (QED) is 0.596. The molecular formula is C10H18N2O2. The van der Waals surface area contributed by atoms with Gasteiger partial charge in [0.05, 0.1) is 6.54 Å². The highest BCUT2D eigenvalue weighted by Crippen LogP contribution is 2.05. The smallest absolute Gasteiger partial charge is 0.236 e. The van der Waals surface area contributed by atoms with E-state index < -0.39 is 0 Å².